The SMILES string of the molecule is CSC(C)CCNc1cc(C)nc(C)c1C(N)=S. The van der Waals surface area contributed by atoms with Gasteiger partial charge in [0.2, 0.25) is 0 Å². The number of hydrogen-bond donors (Lipinski definition) is 2. The number of hydrogen-bond acceptors (Lipinski definition) is 4. The normalized spacial score (nSPS) is 12.2. The van der Waals surface area contributed by atoms with E-state index in [0.717, 1.165) is 35.6 Å². The minimum atomic E-state index is 0.403. The maximum Gasteiger partial charge on any atom is 0.107 e. The van der Waals surface area contributed by atoms with Crippen molar-refractivity contribution in [2.75, 3.05) is 18.1 Å². The summed E-state index contributed by atoms with van der Waals surface area (Å²) >= 11 is 6.97. The third-order valence-corrected chi connectivity index (χ3v) is 4.09. The van der Waals surface area contributed by atoms with Crippen LogP contribution in [0.25, 0.3) is 0 Å². The second-order valence-corrected chi connectivity index (χ2v) is 6.11. The minimum absolute atomic E-state index is 0.403. The number of nitrogens with zero attached hydrogens (tertiary/aromatic N) is 1. The first-order chi connectivity index (χ1) is 8.45. The van der Waals surface area contributed by atoms with Gasteiger partial charge in [0.25, 0.3) is 0 Å². The average molecular weight is 283 g/mol. The van der Waals surface area contributed by atoms with E-state index in [4.69, 9.17) is 18.0 Å². The van der Waals surface area contributed by atoms with Crippen molar-refractivity contribution in [3.63, 3.8) is 0 Å². The van der Waals surface area contributed by atoms with Crippen LogP contribution in [-0.4, -0.2) is 28.0 Å². The molecule has 0 saturated heterocycles. The van der Waals surface area contributed by atoms with Gasteiger partial charge in [0.1, 0.15) is 4.99 Å². The van der Waals surface area contributed by atoms with Crippen molar-refractivity contribution < 1.29 is 0 Å². The molecular weight excluding hydrogens is 262 g/mol. The van der Waals surface area contributed by atoms with Crippen LogP contribution >= 0.6 is 24.0 Å². The van der Waals surface area contributed by atoms with Gasteiger partial charge in [0, 0.05) is 28.9 Å². The summed E-state index contributed by atoms with van der Waals surface area (Å²) in [5.41, 5.74) is 9.51. The van der Waals surface area contributed by atoms with E-state index >= 15 is 0 Å². The summed E-state index contributed by atoms with van der Waals surface area (Å²) in [5.74, 6) is 0. The molecule has 18 heavy (non-hydrogen) atoms. The highest BCUT2D eigenvalue weighted by molar-refractivity contribution is 7.99. The monoisotopic (exact) mass is 283 g/mol. The molecule has 5 heteroatoms. The fourth-order valence-corrected chi connectivity index (χ4v) is 2.42. The fraction of sp³-hybridized carbons (Fsp3) is 0.538. The molecule has 1 aromatic heterocycles. The summed E-state index contributed by atoms with van der Waals surface area (Å²) in [7, 11) is 0. The van der Waals surface area contributed by atoms with Gasteiger partial charge in [-0.3, -0.25) is 4.98 Å². The molecule has 0 saturated carbocycles. The zero-order valence-electron chi connectivity index (χ0n) is 11.4. The first kappa shape index (κ1) is 15.2. The third kappa shape index (κ3) is 4.14. The Morgan fingerprint density at radius 1 is 1.56 bits per heavy atom. The topological polar surface area (TPSA) is 50.9 Å². The number of nitrogens with one attached hydrogen (secondary N) is 1. The van der Waals surface area contributed by atoms with Crippen molar-refractivity contribution in [3.05, 3.63) is 23.0 Å². The van der Waals surface area contributed by atoms with E-state index in [1.165, 1.54) is 0 Å². The third-order valence-electron chi connectivity index (χ3n) is 2.84. The molecular formula is C13H21N3S2. The first-order valence-corrected chi connectivity index (χ1v) is 7.70. The predicted molar refractivity (Wildman–Crippen MR) is 85.7 cm³/mol. The molecule has 100 valence electrons. The fourth-order valence-electron chi connectivity index (χ4n) is 1.81. The van der Waals surface area contributed by atoms with Crippen LogP contribution in [0.4, 0.5) is 5.69 Å². The Morgan fingerprint density at radius 2 is 2.22 bits per heavy atom. The Morgan fingerprint density at radius 3 is 2.78 bits per heavy atom. The molecule has 0 radical (unpaired) electrons. The van der Waals surface area contributed by atoms with Crippen LogP contribution in [-0.2, 0) is 0 Å². The Kier molecular flexibility index (Phi) is 5.88. The summed E-state index contributed by atoms with van der Waals surface area (Å²) in [6, 6.07) is 2.01. The summed E-state index contributed by atoms with van der Waals surface area (Å²) in [6.07, 6.45) is 3.24. The van der Waals surface area contributed by atoms with Crippen molar-refractivity contribution in [1.82, 2.24) is 4.98 Å². The number of anilines is 1. The van der Waals surface area contributed by atoms with Crippen molar-refractivity contribution in [2.24, 2.45) is 5.73 Å². The van der Waals surface area contributed by atoms with Crippen LogP contribution in [0.2, 0.25) is 0 Å². The summed E-state index contributed by atoms with van der Waals surface area (Å²) in [4.78, 5) is 4.81. The van der Waals surface area contributed by atoms with Gasteiger partial charge >= 0.3 is 0 Å². The lowest BCUT2D eigenvalue weighted by atomic mass is 10.1. The predicted octanol–water partition coefficient (Wildman–Crippen LogP) is 2.89. The smallest absolute Gasteiger partial charge is 0.107 e. The van der Waals surface area contributed by atoms with Crippen LogP contribution in [0.1, 0.15) is 30.3 Å². The molecule has 0 fully saturated rings. The standard InChI is InChI=1S/C13H21N3S2/c1-8-7-11(15-6-5-9(2)18-4)12(13(14)17)10(3)16-8/h7,9H,5-6H2,1-4H3,(H2,14,17)(H,15,16). The van der Waals surface area contributed by atoms with Crippen LogP contribution in [0.5, 0.6) is 0 Å². The number of nitrogens with two attached hydrogens (primary N) is 1. The van der Waals surface area contributed by atoms with Gasteiger partial charge in [-0.1, -0.05) is 19.1 Å². The molecule has 1 rings (SSSR count). The van der Waals surface area contributed by atoms with Gasteiger partial charge in [0.15, 0.2) is 0 Å². The van der Waals surface area contributed by atoms with E-state index < -0.39 is 0 Å². The van der Waals surface area contributed by atoms with Crippen LogP contribution in [0.3, 0.4) is 0 Å². The minimum Gasteiger partial charge on any atom is -0.389 e. The zero-order valence-corrected chi connectivity index (χ0v) is 13.0. The Bertz CT molecular complexity index is 432. The molecule has 0 aliphatic rings. The molecule has 0 bridgehead atoms. The van der Waals surface area contributed by atoms with Crippen LogP contribution in [0.15, 0.2) is 6.07 Å². The number of aryl methyl sites for hydroxylation is 2. The molecule has 0 aliphatic heterocycles. The first-order valence-electron chi connectivity index (χ1n) is 6.00. The molecule has 3 N–H and O–H groups in total. The van der Waals surface area contributed by atoms with Gasteiger partial charge in [-0.15, -0.1) is 0 Å². The lowest BCUT2D eigenvalue weighted by molar-refractivity contribution is 0.852. The molecule has 1 aromatic rings. The molecule has 0 aromatic carbocycles. The summed E-state index contributed by atoms with van der Waals surface area (Å²) < 4.78 is 0. The van der Waals surface area contributed by atoms with Gasteiger partial charge in [-0.2, -0.15) is 11.8 Å². The highest BCUT2D eigenvalue weighted by atomic mass is 32.2. The van der Waals surface area contributed by atoms with Crippen molar-refractivity contribution in [3.8, 4) is 0 Å². The number of thiocarbonyl (C=S) groups is 1. The number of rotatable bonds is 6. The summed E-state index contributed by atoms with van der Waals surface area (Å²) in [5, 5.41) is 4.07. The van der Waals surface area contributed by atoms with Crippen LogP contribution in [0, 0.1) is 13.8 Å². The molecule has 1 atom stereocenters. The quantitative estimate of drug-likeness (QED) is 0.786. The van der Waals surface area contributed by atoms with Crippen LogP contribution < -0.4 is 11.1 Å². The molecule has 0 aliphatic carbocycles. The number of aromatic nitrogens is 1. The largest absolute Gasteiger partial charge is 0.389 e. The number of pyridine rings is 1. The van der Waals surface area contributed by atoms with Crippen molar-refractivity contribution >= 4 is 34.7 Å². The highest BCUT2D eigenvalue weighted by Crippen LogP contribution is 2.20. The Labute approximate surface area is 119 Å². The molecule has 0 spiro atoms. The maximum atomic E-state index is 5.77. The molecule has 1 heterocycles. The molecule has 0 amide bonds. The van der Waals surface area contributed by atoms with E-state index in [9.17, 15) is 0 Å². The zero-order chi connectivity index (χ0) is 13.7. The lowest BCUT2D eigenvalue weighted by Gasteiger charge is -2.15. The van der Waals surface area contributed by atoms with E-state index in [1.54, 1.807) is 0 Å². The maximum absolute atomic E-state index is 5.77. The second-order valence-electron chi connectivity index (χ2n) is 4.40. The Balaban J connectivity index is 2.83. The van der Waals surface area contributed by atoms with Gasteiger partial charge in [-0.05, 0) is 32.6 Å². The second kappa shape index (κ2) is 6.95. The highest BCUT2D eigenvalue weighted by Gasteiger charge is 2.11. The molecule has 1 unspecified atom stereocenters. The van der Waals surface area contributed by atoms with Crippen molar-refractivity contribution in [2.45, 2.75) is 32.4 Å². The van der Waals surface area contributed by atoms with Gasteiger partial charge in [-0.25, -0.2) is 0 Å². The number of thioether (sulfide) groups is 1. The molecule has 3 nitrogen and oxygen atoms in total. The van der Waals surface area contributed by atoms with Gasteiger partial charge in [0.05, 0.1) is 5.56 Å². The van der Waals surface area contributed by atoms with E-state index in [1.807, 2.05) is 31.7 Å². The average Bonchev–Trinajstić information content (AvgIpc) is 2.27. The van der Waals surface area contributed by atoms with E-state index in [2.05, 4.69) is 23.5 Å². The van der Waals surface area contributed by atoms with Crippen molar-refractivity contribution in [1.29, 1.82) is 0 Å². The van der Waals surface area contributed by atoms with E-state index in [-0.39, 0.29) is 0 Å². The summed E-state index contributed by atoms with van der Waals surface area (Å²) in [6.45, 7) is 7.06. The Hall–Kier alpha value is -0.810. The van der Waals surface area contributed by atoms with Gasteiger partial charge < -0.3 is 11.1 Å². The lowest BCUT2D eigenvalue weighted by Crippen LogP contribution is -2.17. The van der Waals surface area contributed by atoms with E-state index in [0.29, 0.717) is 10.2 Å².